The normalized spacial score (nSPS) is 17.3. The van der Waals surface area contributed by atoms with Crippen molar-refractivity contribution in [1.82, 2.24) is 14.9 Å². The molecule has 0 saturated carbocycles. The summed E-state index contributed by atoms with van der Waals surface area (Å²) in [6, 6.07) is 26.3. The summed E-state index contributed by atoms with van der Waals surface area (Å²) in [5, 5.41) is 4.21. The highest BCUT2D eigenvalue weighted by Crippen LogP contribution is 2.43. The largest absolute Gasteiger partial charge is 0.497 e. The van der Waals surface area contributed by atoms with E-state index in [0.29, 0.717) is 11.7 Å². The monoisotopic (exact) mass is 484 g/mol. The summed E-state index contributed by atoms with van der Waals surface area (Å²) in [5.41, 5.74) is 5.24. The van der Waals surface area contributed by atoms with Gasteiger partial charge < -0.3 is 24.3 Å². The quantitative estimate of drug-likeness (QED) is 0.336. The number of pyridine rings is 1. The molecule has 7 heteroatoms. The van der Waals surface area contributed by atoms with Gasteiger partial charge in [0.1, 0.15) is 17.5 Å². The number of hydrogen-bond acceptors (Lipinski definition) is 4. The van der Waals surface area contributed by atoms with Crippen LogP contribution in [-0.2, 0) is 0 Å². The molecule has 6 nitrogen and oxygen atoms in total. The zero-order valence-electron chi connectivity index (χ0n) is 20.0. The first-order valence-electron chi connectivity index (χ1n) is 11.7. The molecule has 5 rings (SSSR count). The molecule has 0 radical (unpaired) electrons. The van der Waals surface area contributed by atoms with Gasteiger partial charge in [-0.25, -0.2) is 0 Å². The fourth-order valence-corrected chi connectivity index (χ4v) is 5.02. The van der Waals surface area contributed by atoms with E-state index in [4.69, 9.17) is 21.7 Å². The molecule has 2 atom stereocenters. The highest BCUT2D eigenvalue weighted by molar-refractivity contribution is 7.80. The van der Waals surface area contributed by atoms with Crippen molar-refractivity contribution in [2.45, 2.75) is 25.9 Å². The van der Waals surface area contributed by atoms with Gasteiger partial charge in [0.25, 0.3) is 0 Å². The van der Waals surface area contributed by atoms with E-state index in [0.717, 1.165) is 40.0 Å². The molecule has 4 aromatic rings. The van der Waals surface area contributed by atoms with Crippen LogP contribution < -0.4 is 19.7 Å². The van der Waals surface area contributed by atoms with E-state index in [1.165, 1.54) is 0 Å². The van der Waals surface area contributed by atoms with E-state index in [2.05, 4.69) is 63.1 Å². The van der Waals surface area contributed by atoms with E-state index in [1.54, 1.807) is 7.11 Å². The SMILES string of the molecule is CCOc1ccc(N2C(=S)N[C@@H](c3ccccn3)[C@H]2c2ccc(C)n2-c2ccc(OC)cc2)cc1. The molecule has 35 heavy (non-hydrogen) atoms. The number of ether oxygens (including phenoxy) is 2. The first-order chi connectivity index (χ1) is 17.1. The average Bonchev–Trinajstić information content (AvgIpc) is 3.44. The zero-order chi connectivity index (χ0) is 24.4. The van der Waals surface area contributed by atoms with Crippen LogP contribution in [0.5, 0.6) is 11.5 Å². The lowest BCUT2D eigenvalue weighted by Gasteiger charge is -2.29. The van der Waals surface area contributed by atoms with Gasteiger partial charge in [0.05, 0.1) is 25.5 Å². The third-order valence-electron chi connectivity index (χ3n) is 6.26. The second-order valence-electron chi connectivity index (χ2n) is 8.36. The fraction of sp³-hybridized carbons (Fsp3) is 0.214. The van der Waals surface area contributed by atoms with Crippen molar-refractivity contribution >= 4 is 23.0 Å². The molecule has 3 heterocycles. The van der Waals surface area contributed by atoms with E-state index >= 15 is 0 Å². The van der Waals surface area contributed by atoms with Crippen LogP contribution in [0.1, 0.15) is 36.1 Å². The van der Waals surface area contributed by atoms with Crippen LogP contribution in [0.4, 0.5) is 5.69 Å². The van der Waals surface area contributed by atoms with Crippen molar-refractivity contribution in [2.75, 3.05) is 18.6 Å². The average molecular weight is 485 g/mol. The summed E-state index contributed by atoms with van der Waals surface area (Å²) in [6.45, 7) is 4.73. The Kier molecular flexibility index (Phi) is 6.42. The standard InChI is InChI=1S/C28H28N4O2S/c1-4-34-23-15-11-21(12-16-23)32-27(26(30-28(32)35)24-7-5-6-18-29-24)25-17-8-19(2)31(25)20-9-13-22(33-3)14-10-20/h5-18,26-27H,4H2,1-3H3,(H,30,35)/t26-,27+/m0/s1. The highest BCUT2D eigenvalue weighted by Gasteiger charge is 2.42. The molecule has 1 aliphatic rings. The first kappa shape index (κ1) is 22.9. The van der Waals surface area contributed by atoms with Crippen LogP contribution >= 0.6 is 12.2 Å². The van der Waals surface area contributed by atoms with Gasteiger partial charge in [-0.1, -0.05) is 6.07 Å². The molecular formula is C28H28N4O2S. The Morgan fingerprint density at radius 3 is 2.29 bits per heavy atom. The van der Waals surface area contributed by atoms with Crippen LogP contribution in [0, 0.1) is 6.92 Å². The van der Waals surface area contributed by atoms with Crippen LogP contribution in [0.3, 0.4) is 0 Å². The fourth-order valence-electron chi connectivity index (χ4n) is 4.68. The van der Waals surface area contributed by atoms with Crippen molar-refractivity contribution in [2.24, 2.45) is 0 Å². The minimum Gasteiger partial charge on any atom is -0.497 e. The molecule has 0 aliphatic carbocycles. The van der Waals surface area contributed by atoms with Gasteiger partial charge in [0, 0.05) is 29.0 Å². The molecule has 1 fully saturated rings. The Morgan fingerprint density at radius 1 is 0.914 bits per heavy atom. The summed E-state index contributed by atoms with van der Waals surface area (Å²) >= 11 is 5.89. The molecule has 0 unspecified atom stereocenters. The van der Waals surface area contributed by atoms with E-state index in [9.17, 15) is 0 Å². The van der Waals surface area contributed by atoms with Crippen LogP contribution in [0.15, 0.2) is 85.1 Å². The van der Waals surface area contributed by atoms with Crippen molar-refractivity contribution in [1.29, 1.82) is 0 Å². The Labute approximate surface area is 211 Å². The van der Waals surface area contributed by atoms with Gasteiger partial charge in [-0.05, 0) is 98.9 Å². The summed E-state index contributed by atoms with van der Waals surface area (Å²) in [4.78, 5) is 6.85. The lowest BCUT2D eigenvalue weighted by Crippen LogP contribution is -2.30. The Balaban J connectivity index is 1.64. The maximum Gasteiger partial charge on any atom is 0.174 e. The van der Waals surface area contributed by atoms with Gasteiger partial charge in [-0.2, -0.15) is 0 Å². The lowest BCUT2D eigenvalue weighted by atomic mass is 10.0. The number of methoxy groups -OCH3 is 1. The topological polar surface area (TPSA) is 51.5 Å². The second-order valence-corrected chi connectivity index (χ2v) is 8.74. The van der Waals surface area contributed by atoms with Gasteiger partial charge in [0.15, 0.2) is 5.11 Å². The van der Waals surface area contributed by atoms with Crippen molar-refractivity contribution in [3.8, 4) is 17.2 Å². The van der Waals surface area contributed by atoms with Crippen molar-refractivity contribution in [3.63, 3.8) is 0 Å². The third-order valence-corrected chi connectivity index (χ3v) is 6.58. The van der Waals surface area contributed by atoms with Gasteiger partial charge in [-0.15, -0.1) is 0 Å². The predicted molar refractivity (Wildman–Crippen MR) is 143 cm³/mol. The van der Waals surface area contributed by atoms with E-state index in [-0.39, 0.29) is 12.1 Å². The number of hydrogen-bond donors (Lipinski definition) is 1. The molecule has 1 saturated heterocycles. The summed E-state index contributed by atoms with van der Waals surface area (Å²) in [6.07, 6.45) is 1.82. The Morgan fingerprint density at radius 2 is 1.63 bits per heavy atom. The number of anilines is 1. The van der Waals surface area contributed by atoms with Crippen molar-refractivity contribution < 1.29 is 9.47 Å². The highest BCUT2D eigenvalue weighted by atomic mass is 32.1. The second kappa shape index (κ2) is 9.80. The zero-order valence-corrected chi connectivity index (χ0v) is 20.8. The minimum absolute atomic E-state index is 0.119. The number of nitrogens with zero attached hydrogens (tertiary/aromatic N) is 3. The predicted octanol–water partition coefficient (Wildman–Crippen LogP) is 5.77. The maximum absolute atomic E-state index is 5.89. The number of benzene rings is 2. The van der Waals surface area contributed by atoms with Gasteiger partial charge >= 0.3 is 0 Å². The molecule has 2 aromatic heterocycles. The summed E-state index contributed by atoms with van der Waals surface area (Å²) < 4.78 is 13.3. The maximum atomic E-state index is 5.89. The van der Waals surface area contributed by atoms with Crippen molar-refractivity contribution in [3.05, 3.63) is 102 Å². The van der Waals surface area contributed by atoms with Crippen LogP contribution in [-0.4, -0.2) is 28.4 Å². The molecule has 2 aromatic carbocycles. The van der Waals surface area contributed by atoms with E-state index in [1.807, 2.05) is 55.6 Å². The number of aryl methyl sites for hydroxylation is 1. The molecule has 0 amide bonds. The number of nitrogens with one attached hydrogen (secondary N) is 1. The lowest BCUT2D eigenvalue weighted by molar-refractivity contribution is 0.340. The number of aromatic nitrogens is 2. The summed E-state index contributed by atoms with van der Waals surface area (Å²) in [7, 11) is 1.68. The molecule has 178 valence electrons. The molecule has 1 N–H and O–H groups in total. The molecule has 1 aliphatic heterocycles. The Bertz CT molecular complexity index is 1300. The van der Waals surface area contributed by atoms with Gasteiger partial charge in [-0.3, -0.25) is 4.98 Å². The third kappa shape index (κ3) is 4.35. The molecule has 0 spiro atoms. The summed E-state index contributed by atoms with van der Waals surface area (Å²) in [5.74, 6) is 1.66. The van der Waals surface area contributed by atoms with Crippen LogP contribution in [0.2, 0.25) is 0 Å². The number of rotatable bonds is 7. The molecule has 0 bridgehead atoms. The smallest absolute Gasteiger partial charge is 0.174 e. The first-order valence-corrected chi connectivity index (χ1v) is 12.1. The Hall–Kier alpha value is -3.84. The van der Waals surface area contributed by atoms with Crippen LogP contribution in [0.25, 0.3) is 5.69 Å². The molecular weight excluding hydrogens is 456 g/mol. The number of thiocarbonyl (C=S) groups is 1. The van der Waals surface area contributed by atoms with Gasteiger partial charge in [0.2, 0.25) is 0 Å². The van der Waals surface area contributed by atoms with E-state index < -0.39 is 0 Å². The minimum atomic E-state index is -0.124.